The minimum atomic E-state index is -0.511. The van der Waals surface area contributed by atoms with Gasteiger partial charge in [0.15, 0.2) is 0 Å². The Bertz CT molecular complexity index is 1140. The third-order valence-corrected chi connectivity index (χ3v) is 5.40. The topological polar surface area (TPSA) is 81.1 Å². The molecule has 2 aliphatic rings. The molecule has 0 amide bonds. The van der Waals surface area contributed by atoms with Gasteiger partial charge in [-0.05, 0) is 49.4 Å². The molecular weight excluding hydrogens is 394 g/mol. The quantitative estimate of drug-likeness (QED) is 0.427. The molecule has 3 aromatic rings. The monoisotopic (exact) mass is 409 g/mol. The fraction of sp³-hybridized carbons (Fsp3) is 0.190. The van der Waals surface area contributed by atoms with Crippen LogP contribution >= 0.6 is 11.6 Å². The number of hydrogen-bond acceptors (Lipinski definition) is 6. The van der Waals surface area contributed by atoms with E-state index in [4.69, 9.17) is 25.9 Å². The molecule has 1 aromatic heterocycles. The van der Waals surface area contributed by atoms with Gasteiger partial charge in [0.1, 0.15) is 23.0 Å². The third kappa shape index (κ3) is 3.03. The van der Waals surface area contributed by atoms with Gasteiger partial charge in [-0.2, -0.15) is 5.10 Å². The molecule has 5 rings (SSSR count). The molecule has 0 aliphatic carbocycles. The maximum atomic E-state index is 11.0. The van der Waals surface area contributed by atoms with E-state index in [1.165, 1.54) is 12.1 Å². The van der Waals surface area contributed by atoms with Gasteiger partial charge in [0, 0.05) is 34.7 Å². The summed E-state index contributed by atoms with van der Waals surface area (Å²) in [5, 5.41) is 18.3. The van der Waals surface area contributed by atoms with Crippen LogP contribution in [-0.4, -0.2) is 15.6 Å². The predicted molar refractivity (Wildman–Crippen MR) is 107 cm³/mol. The number of ether oxygens (including phenoxy) is 1. The highest BCUT2D eigenvalue weighted by Gasteiger charge is 2.41. The Morgan fingerprint density at radius 1 is 1.17 bits per heavy atom. The van der Waals surface area contributed by atoms with Crippen molar-refractivity contribution in [1.29, 1.82) is 0 Å². The van der Waals surface area contributed by atoms with E-state index < -0.39 is 11.2 Å². The molecule has 0 radical (unpaired) electrons. The second-order valence-electron chi connectivity index (χ2n) is 7.06. The molecule has 0 saturated carbocycles. The van der Waals surface area contributed by atoms with Crippen LogP contribution in [0.15, 0.2) is 64.1 Å². The SMILES string of the molecule is Cc1ccc(C2=NN3[C@H](C2)c2cc(Cl)ccc2O[C@H]3c2ccc([N+](=O)[O-])cc2)o1. The average molecular weight is 410 g/mol. The Labute approximate surface area is 171 Å². The standard InChI is InChI=1S/C21H16ClN3O4/c1-12-2-8-20(28-12)17-11-18-16-10-14(22)5-9-19(16)29-21(24(18)23-17)13-3-6-15(7-4-13)25(26)27/h2-10,18,21H,11H2,1H3/t18-,21+/m1/s1. The second-order valence-corrected chi connectivity index (χ2v) is 7.49. The van der Waals surface area contributed by atoms with Crippen molar-refractivity contribution in [2.45, 2.75) is 25.6 Å². The molecule has 0 fully saturated rings. The Balaban J connectivity index is 1.58. The maximum Gasteiger partial charge on any atom is 0.269 e. The van der Waals surface area contributed by atoms with Crippen LogP contribution in [0, 0.1) is 17.0 Å². The first kappa shape index (κ1) is 17.8. The predicted octanol–water partition coefficient (Wildman–Crippen LogP) is 5.39. The lowest BCUT2D eigenvalue weighted by Crippen LogP contribution is -2.33. The van der Waals surface area contributed by atoms with Crippen molar-refractivity contribution in [3.8, 4) is 5.75 Å². The average Bonchev–Trinajstić information content (AvgIpc) is 3.34. The molecule has 0 spiro atoms. The van der Waals surface area contributed by atoms with Crippen LogP contribution in [0.4, 0.5) is 5.69 Å². The van der Waals surface area contributed by atoms with Crippen LogP contribution in [0.1, 0.15) is 41.3 Å². The summed E-state index contributed by atoms with van der Waals surface area (Å²) < 4.78 is 12.0. The summed E-state index contributed by atoms with van der Waals surface area (Å²) >= 11 is 6.23. The summed E-state index contributed by atoms with van der Waals surface area (Å²) in [6, 6.07) is 15.6. The van der Waals surface area contributed by atoms with Crippen molar-refractivity contribution in [2.75, 3.05) is 0 Å². The molecule has 2 atom stereocenters. The number of nitro benzene ring substituents is 1. The number of halogens is 1. The number of benzene rings is 2. The van der Waals surface area contributed by atoms with E-state index in [-0.39, 0.29) is 11.7 Å². The van der Waals surface area contributed by atoms with Gasteiger partial charge in [-0.3, -0.25) is 10.1 Å². The number of hydrogen-bond donors (Lipinski definition) is 0. The zero-order chi connectivity index (χ0) is 20.1. The fourth-order valence-corrected chi connectivity index (χ4v) is 3.96. The van der Waals surface area contributed by atoms with Crippen LogP contribution in [0.25, 0.3) is 0 Å². The molecule has 2 aromatic carbocycles. The lowest BCUT2D eigenvalue weighted by Gasteiger charge is -2.38. The highest BCUT2D eigenvalue weighted by Crippen LogP contribution is 2.48. The molecule has 0 N–H and O–H groups in total. The maximum absolute atomic E-state index is 11.0. The Morgan fingerprint density at radius 3 is 2.66 bits per heavy atom. The number of aryl methyl sites for hydroxylation is 1. The van der Waals surface area contributed by atoms with Crippen LogP contribution < -0.4 is 4.74 Å². The van der Waals surface area contributed by atoms with Crippen LogP contribution in [0.5, 0.6) is 5.75 Å². The van der Waals surface area contributed by atoms with E-state index in [1.54, 1.807) is 18.2 Å². The van der Waals surface area contributed by atoms with Gasteiger partial charge in [0.25, 0.3) is 5.69 Å². The van der Waals surface area contributed by atoms with E-state index in [0.717, 1.165) is 34.1 Å². The normalized spacial score (nSPS) is 19.9. The minimum absolute atomic E-state index is 0.0324. The van der Waals surface area contributed by atoms with Gasteiger partial charge in [-0.1, -0.05) is 11.6 Å². The summed E-state index contributed by atoms with van der Waals surface area (Å²) in [6.45, 7) is 1.89. The van der Waals surface area contributed by atoms with Crippen molar-refractivity contribution >= 4 is 23.0 Å². The van der Waals surface area contributed by atoms with Crippen molar-refractivity contribution in [3.63, 3.8) is 0 Å². The molecule has 146 valence electrons. The van der Waals surface area contributed by atoms with Crippen molar-refractivity contribution in [2.24, 2.45) is 5.10 Å². The third-order valence-electron chi connectivity index (χ3n) is 5.17. The van der Waals surface area contributed by atoms with E-state index in [9.17, 15) is 10.1 Å². The Morgan fingerprint density at radius 2 is 1.97 bits per heavy atom. The lowest BCUT2D eigenvalue weighted by molar-refractivity contribution is -0.384. The molecule has 29 heavy (non-hydrogen) atoms. The van der Waals surface area contributed by atoms with Gasteiger partial charge < -0.3 is 9.15 Å². The smallest absolute Gasteiger partial charge is 0.269 e. The summed E-state index contributed by atoms with van der Waals surface area (Å²) in [5.41, 5.74) is 2.59. The van der Waals surface area contributed by atoms with Gasteiger partial charge in [0.2, 0.25) is 6.23 Å². The first-order valence-corrected chi connectivity index (χ1v) is 9.50. The van der Waals surface area contributed by atoms with Gasteiger partial charge in [-0.15, -0.1) is 0 Å². The number of nitrogens with zero attached hydrogens (tertiary/aromatic N) is 3. The van der Waals surface area contributed by atoms with E-state index >= 15 is 0 Å². The second kappa shape index (κ2) is 6.63. The lowest BCUT2D eigenvalue weighted by atomic mass is 9.97. The zero-order valence-corrected chi connectivity index (χ0v) is 16.2. The van der Waals surface area contributed by atoms with Crippen LogP contribution in [0.2, 0.25) is 5.02 Å². The van der Waals surface area contributed by atoms with Crippen molar-refractivity contribution in [1.82, 2.24) is 5.01 Å². The first-order valence-electron chi connectivity index (χ1n) is 9.13. The van der Waals surface area contributed by atoms with Gasteiger partial charge >= 0.3 is 0 Å². The first-order chi connectivity index (χ1) is 14.0. The molecule has 3 heterocycles. The highest BCUT2D eigenvalue weighted by molar-refractivity contribution is 6.30. The summed E-state index contributed by atoms with van der Waals surface area (Å²) in [7, 11) is 0. The van der Waals surface area contributed by atoms with Gasteiger partial charge in [0.05, 0.1) is 11.0 Å². The molecular formula is C21H16ClN3O4. The molecule has 2 aliphatic heterocycles. The van der Waals surface area contributed by atoms with Crippen LogP contribution in [0.3, 0.4) is 0 Å². The van der Waals surface area contributed by atoms with E-state index in [0.29, 0.717) is 11.4 Å². The fourth-order valence-electron chi connectivity index (χ4n) is 3.78. The highest BCUT2D eigenvalue weighted by atomic mass is 35.5. The molecule has 0 unspecified atom stereocenters. The number of nitro groups is 1. The number of non-ortho nitro benzene ring substituents is 1. The van der Waals surface area contributed by atoms with Crippen molar-refractivity contribution in [3.05, 3.63) is 92.4 Å². The zero-order valence-electron chi connectivity index (χ0n) is 15.4. The summed E-state index contributed by atoms with van der Waals surface area (Å²) in [6.07, 6.45) is 0.135. The Kier molecular flexibility index (Phi) is 4.06. The number of fused-ring (bicyclic) bond motifs is 3. The number of rotatable bonds is 3. The van der Waals surface area contributed by atoms with Gasteiger partial charge in [-0.25, -0.2) is 5.01 Å². The molecule has 0 saturated heterocycles. The molecule has 0 bridgehead atoms. The van der Waals surface area contributed by atoms with Crippen molar-refractivity contribution < 1.29 is 14.1 Å². The number of hydrazone groups is 1. The van der Waals surface area contributed by atoms with E-state index in [2.05, 4.69) is 0 Å². The van der Waals surface area contributed by atoms with E-state index in [1.807, 2.05) is 36.2 Å². The summed E-state index contributed by atoms with van der Waals surface area (Å²) in [4.78, 5) is 10.6. The number of furan rings is 1. The summed E-state index contributed by atoms with van der Waals surface area (Å²) in [5.74, 6) is 2.27. The largest absolute Gasteiger partial charge is 0.464 e. The molecule has 7 nitrogen and oxygen atoms in total. The Hall–Kier alpha value is -3.32. The van der Waals surface area contributed by atoms with Crippen LogP contribution in [-0.2, 0) is 0 Å². The minimum Gasteiger partial charge on any atom is -0.464 e. The molecule has 8 heteroatoms.